The number of nitrogens with zero attached hydrogens (tertiary/aromatic N) is 1. The average Bonchev–Trinajstić information content (AvgIpc) is 2.50. The lowest BCUT2D eigenvalue weighted by atomic mass is 10.2. The number of ether oxygens (including phenoxy) is 1. The number of esters is 1. The predicted octanol–water partition coefficient (Wildman–Crippen LogP) is 5.96. The first-order valence-corrected chi connectivity index (χ1v) is 8.01. The number of halogens is 3. The number of hydrogen-bond donors (Lipinski definition) is 0. The normalized spacial score (nSPS) is 11.2. The monoisotopic (exact) mass is 369 g/mol. The van der Waals surface area contributed by atoms with E-state index in [2.05, 4.69) is 4.99 Å². The first-order valence-electron chi connectivity index (χ1n) is 6.88. The van der Waals surface area contributed by atoms with Gasteiger partial charge in [0.1, 0.15) is 5.75 Å². The van der Waals surface area contributed by atoms with Gasteiger partial charge in [0.2, 0.25) is 0 Å². The van der Waals surface area contributed by atoms with E-state index in [1.807, 2.05) is 0 Å². The van der Waals surface area contributed by atoms with E-state index in [1.165, 1.54) is 6.21 Å². The zero-order chi connectivity index (χ0) is 17.0. The van der Waals surface area contributed by atoms with Gasteiger partial charge in [-0.3, -0.25) is 9.79 Å². The molecule has 0 aromatic heterocycles. The van der Waals surface area contributed by atoms with E-state index in [9.17, 15) is 4.79 Å². The van der Waals surface area contributed by atoms with Crippen LogP contribution in [0.25, 0.3) is 0 Å². The summed E-state index contributed by atoms with van der Waals surface area (Å²) in [5.74, 6) is -0.185. The van der Waals surface area contributed by atoms with Crippen molar-refractivity contribution in [1.82, 2.24) is 0 Å². The van der Waals surface area contributed by atoms with Gasteiger partial charge in [0, 0.05) is 16.8 Å². The number of carbonyl (C=O) groups is 1. The van der Waals surface area contributed by atoms with Crippen LogP contribution in [0.15, 0.2) is 41.4 Å². The van der Waals surface area contributed by atoms with Crippen LogP contribution < -0.4 is 4.74 Å². The van der Waals surface area contributed by atoms with Crippen molar-refractivity contribution in [3.8, 4) is 5.75 Å². The molecule has 2 rings (SSSR count). The summed E-state index contributed by atoms with van der Waals surface area (Å²) < 4.78 is 5.36. The maximum Gasteiger partial charge on any atom is 0.313 e. The summed E-state index contributed by atoms with van der Waals surface area (Å²) in [4.78, 5) is 16.1. The lowest BCUT2D eigenvalue weighted by Gasteiger charge is -2.09. The fourth-order valence-corrected chi connectivity index (χ4v) is 2.20. The molecule has 0 aliphatic rings. The summed E-state index contributed by atoms with van der Waals surface area (Å²) in [6.45, 7) is 3.52. The van der Waals surface area contributed by atoms with Gasteiger partial charge in [-0.15, -0.1) is 0 Å². The van der Waals surface area contributed by atoms with Gasteiger partial charge in [0.15, 0.2) is 0 Å². The Hall–Kier alpha value is -1.55. The molecule has 0 aliphatic heterocycles. The van der Waals surface area contributed by atoms with Crippen molar-refractivity contribution in [3.63, 3.8) is 0 Å². The van der Waals surface area contributed by atoms with Crippen molar-refractivity contribution in [3.05, 3.63) is 57.0 Å². The third-order valence-corrected chi connectivity index (χ3v) is 3.97. The zero-order valence-corrected chi connectivity index (χ0v) is 14.8. The number of rotatable bonds is 4. The molecule has 0 fully saturated rings. The van der Waals surface area contributed by atoms with E-state index >= 15 is 0 Å². The van der Waals surface area contributed by atoms with Crippen molar-refractivity contribution in [1.29, 1.82) is 0 Å². The summed E-state index contributed by atoms with van der Waals surface area (Å²) in [7, 11) is 0. The molecule has 0 N–H and O–H groups in total. The van der Waals surface area contributed by atoms with Crippen LogP contribution in [0, 0.1) is 5.92 Å². The Labute approximate surface area is 149 Å². The molecular weight excluding hydrogens is 357 g/mol. The van der Waals surface area contributed by atoms with E-state index in [4.69, 9.17) is 39.5 Å². The number of aliphatic imine (C=N–C) groups is 1. The van der Waals surface area contributed by atoms with Crippen molar-refractivity contribution in [2.45, 2.75) is 13.8 Å². The van der Waals surface area contributed by atoms with Crippen LogP contribution in [-0.4, -0.2) is 12.2 Å². The Balaban J connectivity index is 2.34. The predicted molar refractivity (Wildman–Crippen MR) is 95.6 cm³/mol. The topological polar surface area (TPSA) is 38.7 Å². The summed E-state index contributed by atoms with van der Waals surface area (Å²) in [6.07, 6.45) is 1.53. The van der Waals surface area contributed by atoms with Gasteiger partial charge in [0.05, 0.1) is 21.7 Å². The molecule has 0 bridgehead atoms. The minimum absolute atomic E-state index is 0.238. The Kier molecular flexibility index (Phi) is 6.05. The second-order valence-electron chi connectivity index (χ2n) is 5.09. The van der Waals surface area contributed by atoms with Crippen molar-refractivity contribution in [2.24, 2.45) is 10.9 Å². The third-order valence-electron chi connectivity index (χ3n) is 2.93. The molecule has 0 saturated carbocycles. The van der Waals surface area contributed by atoms with Crippen LogP contribution in [0.2, 0.25) is 15.1 Å². The second-order valence-corrected chi connectivity index (χ2v) is 6.31. The summed E-state index contributed by atoms with van der Waals surface area (Å²) in [5.41, 5.74) is 1.09. The minimum atomic E-state index is -0.331. The summed E-state index contributed by atoms with van der Waals surface area (Å²) >= 11 is 18.1. The highest BCUT2D eigenvalue weighted by Gasteiger charge is 2.12. The molecule has 6 heteroatoms. The molecule has 3 nitrogen and oxygen atoms in total. The van der Waals surface area contributed by atoms with Gasteiger partial charge in [-0.2, -0.15) is 0 Å². The van der Waals surface area contributed by atoms with E-state index in [-0.39, 0.29) is 11.9 Å². The maximum absolute atomic E-state index is 11.8. The zero-order valence-electron chi connectivity index (χ0n) is 12.5. The van der Waals surface area contributed by atoms with E-state index in [0.29, 0.717) is 32.1 Å². The van der Waals surface area contributed by atoms with Gasteiger partial charge in [-0.05, 0) is 30.3 Å². The maximum atomic E-state index is 11.8. The first kappa shape index (κ1) is 17.8. The SMILES string of the molecule is CC(C)C(=O)Oc1ccc(Cl)cc1C=Nc1cccc(Cl)c1Cl. The first-order chi connectivity index (χ1) is 10.9. The van der Waals surface area contributed by atoms with Crippen molar-refractivity contribution in [2.75, 3.05) is 0 Å². The van der Waals surface area contributed by atoms with Gasteiger partial charge in [-0.1, -0.05) is 54.7 Å². The molecule has 0 atom stereocenters. The lowest BCUT2D eigenvalue weighted by molar-refractivity contribution is -0.137. The highest BCUT2D eigenvalue weighted by atomic mass is 35.5. The van der Waals surface area contributed by atoms with Gasteiger partial charge >= 0.3 is 5.97 Å². The molecule has 2 aromatic carbocycles. The Morgan fingerprint density at radius 3 is 2.61 bits per heavy atom. The van der Waals surface area contributed by atoms with E-state index in [1.54, 1.807) is 50.2 Å². The average molecular weight is 371 g/mol. The van der Waals surface area contributed by atoms with Gasteiger partial charge in [0.25, 0.3) is 0 Å². The number of benzene rings is 2. The van der Waals surface area contributed by atoms with E-state index in [0.717, 1.165) is 0 Å². The number of hydrogen-bond acceptors (Lipinski definition) is 3. The third kappa shape index (κ3) is 4.71. The minimum Gasteiger partial charge on any atom is -0.426 e. The Morgan fingerprint density at radius 1 is 1.17 bits per heavy atom. The van der Waals surface area contributed by atoms with Gasteiger partial charge < -0.3 is 4.74 Å². The van der Waals surface area contributed by atoms with Crippen LogP contribution in [0.5, 0.6) is 5.75 Å². The van der Waals surface area contributed by atoms with Crippen LogP contribution in [0.1, 0.15) is 19.4 Å². The van der Waals surface area contributed by atoms with E-state index < -0.39 is 0 Å². The molecule has 0 spiro atoms. The summed E-state index contributed by atoms with van der Waals surface area (Å²) in [6, 6.07) is 10.1. The van der Waals surface area contributed by atoms with Gasteiger partial charge in [-0.25, -0.2) is 0 Å². The quantitative estimate of drug-likeness (QED) is 0.378. The smallest absolute Gasteiger partial charge is 0.313 e. The van der Waals surface area contributed by atoms with Crippen LogP contribution in [0.4, 0.5) is 5.69 Å². The lowest BCUT2D eigenvalue weighted by Crippen LogP contribution is -2.15. The largest absolute Gasteiger partial charge is 0.426 e. The molecule has 0 saturated heterocycles. The molecule has 0 aliphatic carbocycles. The number of carbonyl (C=O) groups excluding carboxylic acids is 1. The molecule has 2 aromatic rings. The Morgan fingerprint density at radius 2 is 1.91 bits per heavy atom. The highest BCUT2D eigenvalue weighted by molar-refractivity contribution is 6.43. The molecule has 0 amide bonds. The molecule has 120 valence electrons. The fraction of sp³-hybridized carbons (Fsp3) is 0.176. The molecule has 0 heterocycles. The van der Waals surface area contributed by atoms with Crippen LogP contribution in [0.3, 0.4) is 0 Å². The molecular formula is C17H14Cl3NO2. The fourth-order valence-electron chi connectivity index (χ4n) is 1.67. The molecule has 0 unspecified atom stereocenters. The van der Waals surface area contributed by atoms with Crippen LogP contribution in [-0.2, 0) is 4.79 Å². The van der Waals surface area contributed by atoms with Crippen LogP contribution >= 0.6 is 34.8 Å². The standard InChI is InChI=1S/C17H14Cl3NO2/c1-10(2)17(22)23-15-7-6-12(18)8-11(15)9-21-14-5-3-4-13(19)16(14)20/h3-10H,1-2H3. The molecule has 23 heavy (non-hydrogen) atoms. The highest BCUT2D eigenvalue weighted by Crippen LogP contribution is 2.32. The molecule has 0 radical (unpaired) electrons. The van der Waals surface area contributed by atoms with Crippen molar-refractivity contribution >= 4 is 52.7 Å². The van der Waals surface area contributed by atoms with Crippen molar-refractivity contribution < 1.29 is 9.53 Å². The Bertz CT molecular complexity index is 757. The second kappa shape index (κ2) is 7.82. The summed E-state index contributed by atoms with van der Waals surface area (Å²) in [5, 5.41) is 1.28.